The van der Waals surface area contributed by atoms with Crippen LogP contribution in [0, 0.1) is 0 Å². The highest BCUT2D eigenvalue weighted by Gasteiger charge is 2.51. The van der Waals surface area contributed by atoms with Crippen molar-refractivity contribution in [2.75, 3.05) is 35.9 Å². The zero-order chi connectivity index (χ0) is 17.6. The van der Waals surface area contributed by atoms with Crippen molar-refractivity contribution in [3.05, 3.63) is 6.33 Å². The molecule has 3 heterocycles. The van der Waals surface area contributed by atoms with Crippen molar-refractivity contribution < 1.29 is 33.8 Å². The third kappa shape index (κ3) is 2.93. The van der Waals surface area contributed by atoms with Crippen molar-refractivity contribution in [3.8, 4) is 0 Å². The lowest BCUT2D eigenvalue weighted by Gasteiger charge is -2.29. The second-order valence-electron chi connectivity index (χ2n) is 5.54. The van der Waals surface area contributed by atoms with Crippen LogP contribution >= 0.6 is 7.82 Å². The van der Waals surface area contributed by atoms with E-state index in [4.69, 9.17) is 24.8 Å². The van der Waals surface area contributed by atoms with E-state index in [9.17, 15) is 14.8 Å². The highest BCUT2D eigenvalue weighted by molar-refractivity contribution is 7.46. The van der Waals surface area contributed by atoms with Crippen molar-refractivity contribution in [1.29, 1.82) is 0 Å². The van der Waals surface area contributed by atoms with E-state index >= 15 is 0 Å². The molecule has 2 aliphatic rings. The van der Waals surface area contributed by atoms with E-state index in [0.29, 0.717) is 11.5 Å². The minimum absolute atomic E-state index is 0.217. The fraction of sp³-hybridized carbons (Fsp3) is 0.636. The van der Waals surface area contributed by atoms with Gasteiger partial charge >= 0.3 is 7.82 Å². The fourth-order valence-corrected chi connectivity index (χ4v) is 3.46. The molecule has 0 unspecified atom stereocenters. The largest absolute Gasteiger partial charge is 0.470 e. The van der Waals surface area contributed by atoms with Gasteiger partial charge in [0, 0.05) is 7.05 Å². The Labute approximate surface area is 136 Å². The maximum absolute atomic E-state index is 11.2. The smallest absolute Gasteiger partial charge is 0.394 e. The fourth-order valence-electron chi connectivity index (χ4n) is 2.92. The van der Waals surface area contributed by atoms with Crippen LogP contribution in [-0.2, 0) is 13.8 Å². The van der Waals surface area contributed by atoms with Crippen molar-refractivity contribution in [2.24, 2.45) is 0 Å². The molecule has 2 aliphatic heterocycles. The number of nitrogen functional groups attached to an aromatic ring is 1. The number of nitrogens with two attached hydrogens (primary N) is 1. The number of aliphatic hydroxyl groups excluding tert-OH is 2. The number of aromatic nitrogens is 2. The standard InChI is InChI=1S/C11H18N5O7P/c1-15-4-16(10-6(15)9(12)13-3-14-10)11-8(23-24(19,20)21)7(18)5(2-17)22-11/h3,5,7-8,11,17-18H,2,4H2,1H3,(H2,12,13,14)(H2,19,20,21)/t5-,7-,8-,11-/m1/s1. The Kier molecular flexibility index (Phi) is 4.38. The lowest BCUT2D eigenvalue weighted by Crippen LogP contribution is -2.46. The molecule has 12 nitrogen and oxygen atoms in total. The maximum atomic E-state index is 11.2. The number of ether oxygens (including phenoxy) is 1. The summed E-state index contributed by atoms with van der Waals surface area (Å²) in [6.07, 6.45) is -3.71. The lowest BCUT2D eigenvalue weighted by atomic mass is 10.1. The molecule has 0 amide bonds. The Morgan fingerprint density at radius 2 is 2.21 bits per heavy atom. The van der Waals surface area contributed by atoms with Gasteiger partial charge in [0.2, 0.25) is 0 Å². The maximum Gasteiger partial charge on any atom is 0.470 e. The van der Waals surface area contributed by atoms with Crippen molar-refractivity contribution in [1.82, 2.24) is 9.97 Å². The SMILES string of the molecule is CN1CN([C@@H]2O[C@H](CO)[C@@H](O)[C@H]2OP(=O)(O)O)c2ncnc(N)c21. The van der Waals surface area contributed by atoms with Crippen molar-refractivity contribution >= 4 is 25.1 Å². The summed E-state index contributed by atoms with van der Waals surface area (Å²) in [5.74, 6) is 0.606. The third-order valence-corrected chi connectivity index (χ3v) is 4.43. The first-order chi connectivity index (χ1) is 11.2. The molecular weight excluding hydrogens is 345 g/mol. The monoisotopic (exact) mass is 363 g/mol. The average Bonchev–Trinajstić information content (AvgIpc) is 2.97. The summed E-state index contributed by atoms with van der Waals surface area (Å²) in [5.41, 5.74) is 6.36. The number of phosphoric acid groups is 1. The molecule has 0 spiro atoms. The van der Waals surface area contributed by atoms with Gasteiger partial charge in [-0.1, -0.05) is 0 Å². The summed E-state index contributed by atoms with van der Waals surface area (Å²) in [6.45, 7) is -0.323. The Morgan fingerprint density at radius 1 is 1.50 bits per heavy atom. The van der Waals surface area contributed by atoms with Gasteiger partial charge < -0.3 is 40.3 Å². The molecule has 0 saturated carbocycles. The number of phosphoric ester groups is 1. The summed E-state index contributed by atoms with van der Waals surface area (Å²) < 4.78 is 21.5. The topological polar surface area (TPSA) is 175 Å². The summed E-state index contributed by atoms with van der Waals surface area (Å²) in [4.78, 5) is 29.5. The normalized spacial score (nSPS) is 30.0. The minimum atomic E-state index is -4.90. The summed E-state index contributed by atoms with van der Waals surface area (Å²) in [5, 5.41) is 19.5. The molecule has 1 saturated heterocycles. The first-order valence-electron chi connectivity index (χ1n) is 6.99. The van der Waals surface area contributed by atoms with Crippen LogP contribution in [0.1, 0.15) is 0 Å². The van der Waals surface area contributed by atoms with Gasteiger partial charge in [-0.25, -0.2) is 14.5 Å². The lowest BCUT2D eigenvalue weighted by molar-refractivity contribution is -0.0221. The van der Waals surface area contributed by atoms with Gasteiger partial charge in [-0.3, -0.25) is 4.52 Å². The predicted octanol–water partition coefficient (Wildman–Crippen LogP) is -2.17. The molecule has 24 heavy (non-hydrogen) atoms. The molecule has 6 N–H and O–H groups in total. The molecule has 3 rings (SSSR count). The second-order valence-corrected chi connectivity index (χ2v) is 6.73. The molecule has 13 heteroatoms. The van der Waals surface area contributed by atoms with E-state index in [1.165, 1.54) is 11.2 Å². The zero-order valence-electron chi connectivity index (χ0n) is 12.6. The number of rotatable bonds is 4. The number of hydrogen-bond acceptors (Lipinski definition) is 10. The van der Waals surface area contributed by atoms with E-state index < -0.39 is 39.0 Å². The van der Waals surface area contributed by atoms with Crippen LogP contribution < -0.4 is 15.5 Å². The zero-order valence-corrected chi connectivity index (χ0v) is 13.5. The van der Waals surface area contributed by atoms with Crippen LogP contribution in [0.15, 0.2) is 6.33 Å². The number of nitrogens with zero attached hydrogens (tertiary/aromatic N) is 4. The highest BCUT2D eigenvalue weighted by Crippen LogP contribution is 2.45. The van der Waals surface area contributed by atoms with Gasteiger partial charge in [-0.2, -0.15) is 0 Å². The molecule has 4 atom stereocenters. The van der Waals surface area contributed by atoms with Crippen LogP contribution in [0.2, 0.25) is 0 Å². The number of hydrogen-bond donors (Lipinski definition) is 5. The predicted molar refractivity (Wildman–Crippen MR) is 80.9 cm³/mol. The quantitative estimate of drug-likeness (QED) is 0.367. The van der Waals surface area contributed by atoms with Gasteiger partial charge in [0.15, 0.2) is 17.9 Å². The van der Waals surface area contributed by atoms with E-state index in [1.807, 2.05) is 0 Å². The molecule has 0 aliphatic carbocycles. The first kappa shape index (κ1) is 17.3. The number of anilines is 3. The van der Waals surface area contributed by atoms with Crippen LogP contribution in [0.4, 0.5) is 17.3 Å². The Balaban J connectivity index is 1.96. The molecule has 134 valence electrons. The van der Waals surface area contributed by atoms with Crippen LogP contribution in [0.5, 0.6) is 0 Å². The summed E-state index contributed by atoms with van der Waals surface area (Å²) in [7, 11) is -3.17. The Morgan fingerprint density at radius 3 is 2.83 bits per heavy atom. The molecule has 1 aromatic rings. The first-order valence-corrected chi connectivity index (χ1v) is 8.52. The Hall–Kier alpha value is -1.53. The van der Waals surface area contributed by atoms with Gasteiger partial charge in [0.1, 0.15) is 30.3 Å². The molecular formula is C11H18N5O7P. The molecule has 0 bridgehead atoms. The third-order valence-electron chi connectivity index (χ3n) is 3.91. The van der Waals surface area contributed by atoms with Crippen molar-refractivity contribution in [3.63, 3.8) is 0 Å². The van der Waals surface area contributed by atoms with E-state index in [0.717, 1.165) is 0 Å². The van der Waals surface area contributed by atoms with Gasteiger partial charge in [0.25, 0.3) is 0 Å². The van der Waals surface area contributed by atoms with E-state index in [1.54, 1.807) is 11.9 Å². The van der Waals surface area contributed by atoms with Crippen LogP contribution in [0.25, 0.3) is 0 Å². The van der Waals surface area contributed by atoms with E-state index in [2.05, 4.69) is 9.97 Å². The number of aliphatic hydroxyl groups is 2. The Bertz CT molecular complexity index is 672. The number of fused-ring (bicyclic) bond motifs is 1. The molecule has 1 aromatic heterocycles. The summed E-state index contributed by atoms with van der Waals surface area (Å²) in [6, 6.07) is 0. The molecule has 0 aromatic carbocycles. The van der Waals surface area contributed by atoms with Crippen LogP contribution in [-0.4, -0.2) is 74.8 Å². The van der Waals surface area contributed by atoms with Crippen molar-refractivity contribution in [2.45, 2.75) is 24.5 Å². The van der Waals surface area contributed by atoms with E-state index in [-0.39, 0.29) is 12.5 Å². The van der Waals surface area contributed by atoms with Crippen LogP contribution in [0.3, 0.4) is 0 Å². The van der Waals surface area contributed by atoms with Gasteiger partial charge in [-0.15, -0.1) is 0 Å². The molecule has 0 radical (unpaired) electrons. The highest BCUT2D eigenvalue weighted by atomic mass is 31.2. The summed E-state index contributed by atoms with van der Waals surface area (Å²) >= 11 is 0. The van der Waals surface area contributed by atoms with Gasteiger partial charge in [0.05, 0.1) is 13.3 Å². The second kappa shape index (κ2) is 6.08. The average molecular weight is 363 g/mol. The van der Waals surface area contributed by atoms with Gasteiger partial charge in [-0.05, 0) is 0 Å². The molecule has 1 fully saturated rings. The minimum Gasteiger partial charge on any atom is -0.394 e.